The Morgan fingerprint density at radius 3 is 2.50 bits per heavy atom. The highest BCUT2D eigenvalue weighted by atomic mass is 16.5. The molecule has 0 saturated heterocycles. The number of hydrogen-bond acceptors (Lipinski definition) is 5. The summed E-state index contributed by atoms with van der Waals surface area (Å²) in [5, 5.41) is 3.65. The predicted molar refractivity (Wildman–Crippen MR) is 105 cm³/mol. The molecule has 0 radical (unpaired) electrons. The van der Waals surface area contributed by atoms with Gasteiger partial charge in [-0.05, 0) is 36.8 Å². The minimum absolute atomic E-state index is 0.271. The van der Waals surface area contributed by atoms with E-state index in [-0.39, 0.29) is 12.5 Å². The number of nitrogens with one attached hydrogen (secondary N) is 2. The Labute approximate surface area is 162 Å². The van der Waals surface area contributed by atoms with Crippen LogP contribution in [0.2, 0.25) is 0 Å². The van der Waals surface area contributed by atoms with Crippen LogP contribution in [-0.2, 0) is 16.1 Å². The van der Waals surface area contributed by atoms with E-state index in [9.17, 15) is 9.59 Å². The van der Waals surface area contributed by atoms with Gasteiger partial charge in [0, 0.05) is 17.4 Å². The summed E-state index contributed by atoms with van der Waals surface area (Å²) in [6.07, 6.45) is -0.931. The highest BCUT2D eigenvalue weighted by molar-refractivity contribution is 5.96. The Morgan fingerprint density at radius 1 is 1.04 bits per heavy atom. The zero-order valence-electron chi connectivity index (χ0n) is 15.9. The van der Waals surface area contributed by atoms with Gasteiger partial charge in [0.1, 0.15) is 5.69 Å². The monoisotopic (exact) mass is 382 g/mol. The van der Waals surface area contributed by atoms with Crippen LogP contribution in [0.5, 0.6) is 11.5 Å². The number of aromatic amines is 1. The van der Waals surface area contributed by atoms with Crippen LogP contribution in [0, 0.1) is 0 Å². The van der Waals surface area contributed by atoms with E-state index in [4.69, 9.17) is 14.2 Å². The number of H-pyrrole nitrogens is 1. The lowest BCUT2D eigenvalue weighted by Gasteiger charge is -2.14. The second-order valence-electron chi connectivity index (χ2n) is 6.22. The Kier molecular flexibility index (Phi) is 5.84. The third-order valence-electron chi connectivity index (χ3n) is 4.32. The lowest BCUT2D eigenvalue weighted by atomic mass is 10.2. The number of ether oxygens (including phenoxy) is 3. The Morgan fingerprint density at radius 2 is 1.79 bits per heavy atom. The predicted octanol–water partition coefficient (Wildman–Crippen LogP) is 3.05. The maximum atomic E-state index is 12.3. The maximum Gasteiger partial charge on any atom is 0.355 e. The molecular formula is C21H22N2O5. The minimum Gasteiger partial charge on any atom is -0.493 e. The van der Waals surface area contributed by atoms with Crippen molar-refractivity contribution in [1.82, 2.24) is 10.3 Å². The number of carbonyl (C=O) groups excluding carboxylic acids is 2. The van der Waals surface area contributed by atoms with Crippen LogP contribution in [0.15, 0.2) is 48.5 Å². The van der Waals surface area contributed by atoms with E-state index >= 15 is 0 Å². The van der Waals surface area contributed by atoms with E-state index in [1.807, 2.05) is 30.3 Å². The van der Waals surface area contributed by atoms with Crippen molar-refractivity contribution in [2.75, 3.05) is 14.2 Å². The van der Waals surface area contributed by atoms with Crippen molar-refractivity contribution in [2.24, 2.45) is 0 Å². The van der Waals surface area contributed by atoms with E-state index < -0.39 is 12.1 Å². The fraction of sp³-hybridized carbons (Fsp3) is 0.238. The molecule has 2 N–H and O–H groups in total. The summed E-state index contributed by atoms with van der Waals surface area (Å²) in [5.74, 6) is 0.218. The average molecular weight is 382 g/mol. The summed E-state index contributed by atoms with van der Waals surface area (Å²) in [4.78, 5) is 27.6. The molecule has 0 unspecified atom stereocenters. The van der Waals surface area contributed by atoms with Crippen molar-refractivity contribution >= 4 is 22.8 Å². The van der Waals surface area contributed by atoms with Gasteiger partial charge in [0.15, 0.2) is 17.6 Å². The van der Waals surface area contributed by atoms with E-state index in [1.54, 1.807) is 32.4 Å². The number of hydrogen-bond donors (Lipinski definition) is 2. The Hall–Kier alpha value is -3.48. The topological polar surface area (TPSA) is 89.6 Å². The molecule has 0 bridgehead atoms. The quantitative estimate of drug-likeness (QED) is 0.613. The number of amides is 1. The first-order chi connectivity index (χ1) is 13.5. The first kappa shape index (κ1) is 19.3. The molecule has 1 atom stereocenters. The number of aromatic nitrogens is 1. The molecule has 0 aliphatic heterocycles. The molecule has 0 spiro atoms. The van der Waals surface area contributed by atoms with Gasteiger partial charge in [-0.1, -0.05) is 24.3 Å². The molecule has 7 nitrogen and oxygen atoms in total. The molecule has 1 heterocycles. The van der Waals surface area contributed by atoms with Crippen LogP contribution in [0.25, 0.3) is 10.9 Å². The highest BCUT2D eigenvalue weighted by Crippen LogP contribution is 2.27. The minimum atomic E-state index is -0.931. The molecule has 0 aliphatic rings. The second kappa shape index (κ2) is 8.47. The van der Waals surface area contributed by atoms with Gasteiger partial charge in [0.2, 0.25) is 0 Å². The fourth-order valence-corrected chi connectivity index (χ4v) is 2.78. The van der Waals surface area contributed by atoms with Gasteiger partial charge in [-0.15, -0.1) is 0 Å². The van der Waals surface area contributed by atoms with Gasteiger partial charge in [-0.25, -0.2) is 4.79 Å². The van der Waals surface area contributed by atoms with Gasteiger partial charge in [0.05, 0.1) is 14.2 Å². The number of fused-ring (bicyclic) bond motifs is 1. The lowest BCUT2D eigenvalue weighted by molar-refractivity contribution is -0.129. The zero-order valence-corrected chi connectivity index (χ0v) is 15.9. The molecule has 1 amide bonds. The molecule has 7 heteroatoms. The van der Waals surface area contributed by atoms with E-state index in [2.05, 4.69) is 10.3 Å². The Bertz CT molecular complexity index is 962. The third kappa shape index (κ3) is 4.25. The van der Waals surface area contributed by atoms with Crippen LogP contribution in [-0.4, -0.2) is 37.2 Å². The maximum absolute atomic E-state index is 12.3. The van der Waals surface area contributed by atoms with Gasteiger partial charge < -0.3 is 24.5 Å². The summed E-state index contributed by atoms with van der Waals surface area (Å²) in [7, 11) is 3.11. The highest BCUT2D eigenvalue weighted by Gasteiger charge is 2.20. The molecule has 28 heavy (non-hydrogen) atoms. The summed E-state index contributed by atoms with van der Waals surface area (Å²) >= 11 is 0. The summed E-state index contributed by atoms with van der Waals surface area (Å²) in [6, 6.07) is 14.6. The van der Waals surface area contributed by atoms with Gasteiger partial charge >= 0.3 is 5.97 Å². The molecule has 0 fully saturated rings. The smallest absolute Gasteiger partial charge is 0.355 e. The van der Waals surface area contributed by atoms with Crippen LogP contribution in [0.3, 0.4) is 0 Å². The number of para-hydroxylation sites is 1. The molecule has 3 aromatic rings. The fourth-order valence-electron chi connectivity index (χ4n) is 2.78. The number of esters is 1. The van der Waals surface area contributed by atoms with Crippen LogP contribution in [0.1, 0.15) is 23.0 Å². The molecule has 1 aromatic heterocycles. The van der Waals surface area contributed by atoms with E-state index in [0.29, 0.717) is 17.2 Å². The van der Waals surface area contributed by atoms with Crippen LogP contribution < -0.4 is 14.8 Å². The normalized spacial score (nSPS) is 11.7. The molecule has 0 saturated carbocycles. The first-order valence-corrected chi connectivity index (χ1v) is 8.79. The molecular weight excluding hydrogens is 360 g/mol. The standard InChI is InChI=1S/C21H22N2O5/c1-13(28-21(25)17-11-15-6-4-5-7-16(15)23-17)20(24)22-12-14-8-9-18(26-2)19(10-14)27-3/h4-11,13,23H,12H2,1-3H3,(H,22,24)/t13-/m0/s1. The number of methoxy groups -OCH3 is 2. The van der Waals surface area contributed by atoms with Crippen LogP contribution in [0.4, 0.5) is 0 Å². The van der Waals surface area contributed by atoms with Crippen molar-refractivity contribution in [1.29, 1.82) is 0 Å². The van der Waals surface area contributed by atoms with Gasteiger partial charge in [-0.2, -0.15) is 0 Å². The van der Waals surface area contributed by atoms with Gasteiger partial charge in [-0.3, -0.25) is 4.79 Å². The van der Waals surface area contributed by atoms with Crippen molar-refractivity contribution in [3.63, 3.8) is 0 Å². The molecule has 2 aromatic carbocycles. The molecule has 3 rings (SSSR count). The van der Waals surface area contributed by atoms with E-state index in [1.165, 1.54) is 6.92 Å². The van der Waals surface area contributed by atoms with Gasteiger partial charge in [0.25, 0.3) is 5.91 Å². The van der Waals surface area contributed by atoms with Crippen molar-refractivity contribution in [3.05, 3.63) is 59.8 Å². The zero-order chi connectivity index (χ0) is 20.1. The number of carbonyl (C=O) groups is 2. The Balaban J connectivity index is 1.57. The molecule has 146 valence electrons. The van der Waals surface area contributed by atoms with Crippen molar-refractivity contribution < 1.29 is 23.8 Å². The third-order valence-corrected chi connectivity index (χ3v) is 4.32. The van der Waals surface area contributed by atoms with Crippen molar-refractivity contribution in [3.8, 4) is 11.5 Å². The molecule has 0 aliphatic carbocycles. The van der Waals surface area contributed by atoms with Crippen molar-refractivity contribution in [2.45, 2.75) is 19.6 Å². The summed E-state index contributed by atoms with van der Waals surface area (Å²) in [6.45, 7) is 1.80. The SMILES string of the molecule is COc1ccc(CNC(=O)[C@H](C)OC(=O)c2cc3ccccc3[nH]2)cc1OC. The van der Waals surface area contributed by atoms with Crippen LogP contribution >= 0.6 is 0 Å². The lowest BCUT2D eigenvalue weighted by Crippen LogP contribution is -2.35. The largest absolute Gasteiger partial charge is 0.493 e. The number of rotatable bonds is 7. The first-order valence-electron chi connectivity index (χ1n) is 8.79. The number of benzene rings is 2. The average Bonchev–Trinajstić information content (AvgIpc) is 3.16. The summed E-state index contributed by atoms with van der Waals surface area (Å²) < 4.78 is 15.7. The summed E-state index contributed by atoms with van der Waals surface area (Å²) in [5.41, 5.74) is 1.97. The second-order valence-corrected chi connectivity index (χ2v) is 6.22. The van der Waals surface area contributed by atoms with E-state index in [0.717, 1.165) is 16.5 Å².